The number of rotatable bonds is 8. The molecule has 1 rings (SSSR count). The monoisotopic (exact) mass is 237 g/mol. The lowest BCUT2D eigenvalue weighted by atomic mass is 9.89. The van der Waals surface area contributed by atoms with Gasteiger partial charge in [0.15, 0.2) is 0 Å². The van der Waals surface area contributed by atoms with Crippen molar-refractivity contribution < 1.29 is 9.84 Å². The van der Waals surface area contributed by atoms with Crippen LogP contribution in [0.4, 0.5) is 0 Å². The van der Waals surface area contributed by atoms with Gasteiger partial charge in [-0.2, -0.15) is 0 Å². The van der Waals surface area contributed by atoms with Gasteiger partial charge in [-0.05, 0) is 18.4 Å². The van der Waals surface area contributed by atoms with E-state index in [2.05, 4.69) is 24.4 Å². The molecule has 1 aromatic carbocycles. The first-order valence-electron chi connectivity index (χ1n) is 6.15. The minimum atomic E-state index is -0.236. The molecule has 0 heterocycles. The van der Waals surface area contributed by atoms with Crippen LogP contribution in [0.2, 0.25) is 0 Å². The van der Waals surface area contributed by atoms with Crippen molar-refractivity contribution in [2.24, 2.45) is 0 Å². The Bertz CT molecular complexity index is 296. The third-order valence-electron chi connectivity index (χ3n) is 3.17. The normalized spacial score (nSPS) is 14.5. The van der Waals surface area contributed by atoms with E-state index in [9.17, 15) is 5.11 Å². The Labute approximate surface area is 104 Å². The topological polar surface area (TPSA) is 41.5 Å². The summed E-state index contributed by atoms with van der Waals surface area (Å²) in [5.41, 5.74) is 1.01. The molecule has 0 aliphatic carbocycles. The first-order valence-corrected chi connectivity index (χ1v) is 6.15. The summed E-state index contributed by atoms with van der Waals surface area (Å²) >= 11 is 0. The van der Waals surface area contributed by atoms with E-state index in [0.29, 0.717) is 6.61 Å². The van der Waals surface area contributed by atoms with Crippen molar-refractivity contribution in [3.63, 3.8) is 0 Å². The fourth-order valence-corrected chi connectivity index (χ4v) is 1.94. The van der Waals surface area contributed by atoms with Crippen molar-refractivity contribution in [1.29, 1.82) is 0 Å². The summed E-state index contributed by atoms with van der Waals surface area (Å²) in [5.74, 6) is 0. The summed E-state index contributed by atoms with van der Waals surface area (Å²) in [5, 5.41) is 13.0. The van der Waals surface area contributed by atoms with E-state index in [4.69, 9.17) is 4.74 Å². The molecule has 0 saturated carbocycles. The molecular formula is C14H23NO2. The number of benzene rings is 1. The van der Waals surface area contributed by atoms with Crippen LogP contribution >= 0.6 is 0 Å². The first kappa shape index (κ1) is 14.2. The smallest absolute Gasteiger partial charge is 0.0616 e. The van der Waals surface area contributed by atoms with Crippen LogP contribution in [0.1, 0.15) is 18.9 Å². The van der Waals surface area contributed by atoms with Gasteiger partial charge >= 0.3 is 0 Å². The highest BCUT2D eigenvalue weighted by Crippen LogP contribution is 2.16. The van der Waals surface area contributed by atoms with E-state index in [1.165, 1.54) is 5.56 Å². The Morgan fingerprint density at radius 1 is 1.29 bits per heavy atom. The van der Waals surface area contributed by atoms with Crippen LogP contribution in [0.5, 0.6) is 0 Å². The lowest BCUT2D eigenvalue weighted by molar-refractivity contribution is 0.134. The third kappa shape index (κ3) is 4.46. The number of methoxy groups -OCH3 is 1. The number of aliphatic hydroxyl groups excluding tert-OH is 1. The van der Waals surface area contributed by atoms with E-state index in [1.54, 1.807) is 7.11 Å². The van der Waals surface area contributed by atoms with Gasteiger partial charge in [0.1, 0.15) is 0 Å². The molecule has 0 fully saturated rings. The van der Waals surface area contributed by atoms with Gasteiger partial charge in [-0.3, -0.25) is 0 Å². The van der Waals surface area contributed by atoms with Gasteiger partial charge in [0, 0.05) is 19.2 Å². The Morgan fingerprint density at radius 3 is 2.53 bits per heavy atom. The molecule has 0 radical (unpaired) electrons. The predicted octanol–water partition coefficient (Wildman–Crippen LogP) is 1.61. The van der Waals surface area contributed by atoms with Crippen LogP contribution < -0.4 is 5.32 Å². The zero-order chi connectivity index (χ0) is 12.6. The van der Waals surface area contributed by atoms with Crippen molar-refractivity contribution in [3.05, 3.63) is 35.9 Å². The second-order valence-electron chi connectivity index (χ2n) is 4.37. The van der Waals surface area contributed by atoms with Crippen LogP contribution in [0.25, 0.3) is 0 Å². The lowest BCUT2D eigenvalue weighted by Crippen LogP contribution is -2.51. The molecule has 17 heavy (non-hydrogen) atoms. The zero-order valence-corrected chi connectivity index (χ0v) is 10.8. The summed E-state index contributed by atoms with van der Waals surface area (Å²) in [7, 11) is 1.69. The maximum absolute atomic E-state index is 9.63. The van der Waals surface area contributed by atoms with Gasteiger partial charge in [0.25, 0.3) is 0 Å². The molecule has 0 spiro atoms. The molecule has 0 aromatic heterocycles. The minimum Gasteiger partial charge on any atom is -0.394 e. The summed E-state index contributed by atoms with van der Waals surface area (Å²) in [6.45, 7) is 3.66. The Kier molecular flexibility index (Phi) is 6.19. The van der Waals surface area contributed by atoms with Crippen molar-refractivity contribution in [3.8, 4) is 0 Å². The Balaban J connectivity index is 2.63. The molecule has 2 N–H and O–H groups in total. The van der Waals surface area contributed by atoms with Crippen molar-refractivity contribution >= 4 is 0 Å². The molecule has 0 bridgehead atoms. The van der Waals surface area contributed by atoms with E-state index in [1.807, 2.05) is 18.2 Å². The predicted molar refractivity (Wildman–Crippen MR) is 70.1 cm³/mol. The summed E-state index contributed by atoms with van der Waals surface area (Å²) in [4.78, 5) is 0. The van der Waals surface area contributed by atoms with E-state index < -0.39 is 0 Å². The zero-order valence-electron chi connectivity index (χ0n) is 10.8. The van der Waals surface area contributed by atoms with Crippen LogP contribution in [0, 0.1) is 0 Å². The number of nitrogens with one attached hydrogen (secondary N) is 1. The number of aliphatic hydroxyl groups is 1. The van der Waals surface area contributed by atoms with Crippen LogP contribution in [0.15, 0.2) is 30.3 Å². The third-order valence-corrected chi connectivity index (χ3v) is 3.17. The second-order valence-corrected chi connectivity index (χ2v) is 4.37. The minimum absolute atomic E-state index is 0.141. The molecule has 1 aromatic rings. The molecule has 3 nitrogen and oxygen atoms in total. The second kappa shape index (κ2) is 7.43. The molecule has 1 unspecified atom stereocenters. The van der Waals surface area contributed by atoms with Crippen molar-refractivity contribution in [2.75, 3.05) is 26.9 Å². The molecule has 0 saturated heterocycles. The van der Waals surface area contributed by atoms with Gasteiger partial charge in [0.2, 0.25) is 0 Å². The maximum atomic E-state index is 9.63. The van der Waals surface area contributed by atoms with Crippen LogP contribution in [-0.4, -0.2) is 37.5 Å². The number of hydrogen-bond acceptors (Lipinski definition) is 3. The van der Waals surface area contributed by atoms with Crippen molar-refractivity contribution in [1.82, 2.24) is 5.32 Å². The van der Waals surface area contributed by atoms with Crippen LogP contribution in [-0.2, 0) is 11.2 Å². The molecular weight excluding hydrogens is 214 g/mol. The molecule has 1 atom stereocenters. The fourth-order valence-electron chi connectivity index (χ4n) is 1.94. The molecule has 96 valence electrons. The van der Waals surface area contributed by atoms with E-state index in [-0.39, 0.29) is 12.1 Å². The van der Waals surface area contributed by atoms with Gasteiger partial charge in [0.05, 0.1) is 13.2 Å². The Hall–Kier alpha value is -0.900. The molecule has 0 aliphatic rings. The van der Waals surface area contributed by atoms with Gasteiger partial charge in [-0.15, -0.1) is 0 Å². The van der Waals surface area contributed by atoms with Gasteiger partial charge in [-0.25, -0.2) is 0 Å². The highest BCUT2D eigenvalue weighted by molar-refractivity contribution is 5.18. The number of ether oxygens (including phenoxy) is 1. The quantitative estimate of drug-likeness (QED) is 0.675. The Morgan fingerprint density at radius 2 is 2.00 bits per heavy atom. The summed E-state index contributed by atoms with van der Waals surface area (Å²) in [6.07, 6.45) is 1.73. The SMILES string of the molecule is CCC(CO)(Cc1ccccc1)NCCOC. The highest BCUT2D eigenvalue weighted by Gasteiger charge is 2.26. The summed E-state index contributed by atoms with van der Waals surface area (Å²) in [6, 6.07) is 10.3. The van der Waals surface area contributed by atoms with Crippen molar-refractivity contribution in [2.45, 2.75) is 25.3 Å². The first-order chi connectivity index (χ1) is 8.26. The largest absolute Gasteiger partial charge is 0.394 e. The molecule has 3 heteroatoms. The highest BCUT2D eigenvalue weighted by atomic mass is 16.5. The molecule has 0 amide bonds. The summed E-state index contributed by atoms with van der Waals surface area (Å²) < 4.78 is 5.03. The maximum Gasteiger partial charge on any atom is 0.0616 e. The number of hydrogen-bond donors (Lipinski definition) is 2. The van der Waals surface area contributed by atoms with Gasteiger partial charge in [-0.1, -0.05) is 37.3 Å². The average Bonchev–Trinajstić information content (AvgIpc) is 2.39. The van der Waals surface area contributed by atoms with E-state index in [0.717, 1.165) is 19.4 Å². The molecule has 0 aliphatic heterocycles. The standard InChI is InChI=1S/C14H23NO2/c1-3-14(12-16,15-9-10-17-2)11-13-7-5-4-6-8-13/h4-8,15-16H,3,9-12H2,1-2H3. The average molecular weight is 237 g/mol. The van der Waals surface area contributed by atoms with Crippen LogP contribution in [0.3, 0.4) is 0 Å². The van der Waals surface area contributed by atoms with Gasteiger partial charge < -0.3 is 15.2 Å². The lowest BCUT2D eigenvalue weighted by Gasteiger charge is -2.32. The van der Waals surface area contributed by atoms with E-state index >= 15 is 0 Å². The fraction of sp³-hybridized carbons (Fsp3) is 0.571.